The predicted octanol–water partition coefficient (Wildman–Crippen LogP) is 1.19. The van der Waals surface area contributed by atoms with E-state index in [1.54, 1.807) is 0 Å². The van der Waals surface area contributed by atoms with Gasteiger partial charge in [0.2, 0.25) is 0 Å². The van der Waals surface area contributed by atoms with Crippen LogP contribution < -0.4 is 11.1 Å². The molecular formula is C13H27N3. The van der Waals surface area contributed by atoms with Crippen LogP contribution in [0, 0.1) is 5.92 Å². The van der Waals surface area contributed by atoms with Crippen LogP contribution in [-0.4, -0.2) is 43.7 Å². The van der Waals surface area contributed by atoms with Crippen LogP contribution in [0.1, 0.15) is 38.5 Å². The van der Waals surface area contributed by atoms with Crippen molar-refractivity contribution in [3.63, 3.8) is 0 Å². The van der Waals surface area contributed by atoms with Crippen molar-refractivity contribution in [2.24, 2.45) is 11.7 Å². The topological polar surface area (TPSA) is 41.3 Å². The van der Waals surface area contributed by atoms with Gasteiger partial charge in [0.1, 0.15) is 0 Å². The van der Waals surface area contributed by atoms with Crippen LogP contribution in [0.4, 0.5) is 0 Å². The first-order valence-corrected chi connectivity index (χ1v) is 7.05. The molecule has 94 valence electrons. The Hall–Kier alpha value is -0.120. The van der Waals surface area contributed by atoms with Crippen LogP contribution in [0.3, 0.4) is 0 Å². The third kappa shape index (κ3) is 3.72. The van der Waals surface area contributed by atoms with E-state index >= 15 is 0 Å². The van der Waals surface area contributed by atoms with E-state index in [2.05, 4.69) is 10.2 Å². The van der Waals surface area contributed by atoms with E-state index in [1.165, 1.54) is 58.2 Å². The summed E-state index contributed by atoms with van der Waals surface area (Å²) < 4.78 is 0. The Morgan fingerprint density at radius 2 is 1.81 bits per heavy atom. The summed E-state index contributed by atoms with van der Waals surface area (Å²) >= 11 is 0. The molecule has 3 nitrogen and oxygen atoms in total. The fraction of sp³-hybridized carbons (Fsp3) is 1.00. The van der Waals surface area contributed by atoms with Crippen molar-refractivity contribution in [3.8, 4) is 0 Å². The van der Waals surface area contributed by atoms with Gasteiger partial charge in [-0.3, -0.25) is 0 Å². The molecule has 1 saturated carbocycles. The minimum absolute atomic E-state index is 0.454. The van der Waals surface area contributed by atoms with E-state index in [4.69, 9.17) is 5.73 Å². The van der Waals surface area contributed by atoms with Gasteiger partial charge in [-0.25, -0.2) is 0 Å². The van der Waals surface area contributed by atoms with Gasteiger partial charge >= 0.3 is 0 Å². The predicted molar refractivity (Wildman–Crippen MR) is 68.5 cm³/mol. The molecule has 0 aromatic heterocycles. The Balaban J connectivity index is 1.63. The third-order valence-corrected chi connectivity index (χ3v) is 4.24. The van der Waals surface area contributed by atoms with Crippen LogP contribution in [-0.2, 0) is 0 Å². The molecule has 0 aromatic rings. The van der Waals surface area contributed by atoms with Gasteiger partial charge in [-0.1, -0.05) is 19.3 Å². The first-order valence-electron chi connectivity index (χ1n) is 7.05. The quantitative estimate of drug-likeness (QED) is 0.755. The van der Waals surface area contributed by atoms with E-state index in [0.717, 1.165) is 19.0 Å². The number of nitrogens with one attached hydrogen (secondary N) is 1. The molecule has 0 aromatic carbocycles. The highest BCUT2D eigenvalue weighted by molar-refractivity contribution is 4.78. The van der Waals surface area contributed by atoms with Crippen molar-refractivity contribution in [3.05, 3.63) is 0 Å². The summed E-state index contributed by atoms with van der Waals surface area (Å²) in [6.07, 6.45) is 8.20. The summed E-state index contributed by atoms with van der Waals surface area (Å²) in [6.45, 7) is 5.92. The average Bonchev–Trinajstić information content (AvgIpc) is 2.38. The van der Waals surface area contributed by atoms with Gasteiger partial charge in [-0.05, 0) is 31.7 Å². The zero-order valence-electron chi connectivity index (χ0n) is 10.5. The molecule has 0 amide bonds. The molecular weight excluding hydrogens is 198 g/mol. The molecule has 3 heteroatoms. The van der Waals surface area contributed by atoms with Gasteiger partial charge in [-0.2, -0.15) is 0 Å². The first-order chi connectivity index (χ1) is 7.86. The van der Waals surface area contributed by atoms with Crippen LogP contribution in [0.25, 0.3) is 0 Å². The molecule has 1 unspecified atom stereocenters. The van der Waals surface area contributed by atoms with Crippen LogP contribution in [0.2, 0.25) is 0 Å². The highest BCUT2D eigenvalue weighted by atomic mass is 15.2. The zero-order chi connectivity index (χ0) is 11.2. The Labute approximate surface area is 99.8 Å². The first kappa shape index (κ1) is 12.3. The van der Waals surface area contributed by atoms with Crippen molar-refractivity contribution in [2.75, 3.05) is 32.7 Å². The highest BCUT2D eigenvalue weighted by Gasteiger charge is 2.21. The number of rotatable bonds is 4. The average molecular weight is 225 g/mol. The second kappa shape index (κ2) is 6.58. The molecule has 1 aliphatic heterocycles. The lowest BCUT2D eigenvalue weighted by Gasteiger charge is -2.31. The second-order valence-corrected chi connectivity index (χ2v) is 5.44. The Kier molecular flexibility index (Phi) is 5.07. The largest absolute Gasteiger partial charge is 0.327 e. The maximum absolute atomic E-state index is 6.32. The zero-order valence-corrected chi connectivity index (χ0v) is 10.5. The van der Waals surface area contributed by atoms with E-state index in [9.17, 15) is 0 Å². The summed E-state index contributed by atoms with van der Waals surface area (Å²) in [4.78, 5) is 2.55. The molecule has 1 heterocycles. The van der Waals surface area contributed by atoms with E-state index in [1.807, 2.05) is 0 Å². The van der Waals surface area contributed by atoms with Gasteiger partial charge < -0.3 is 16.0 Å². The molecule has 16 heavy (non-hydrogen) atoms. The molecule has 1 aliphatic carbocycles. The third-order valence-electron chi connectivity index (χ3n) is 4.24. The lowest BCUT2D eigenvalue weighted by molar-refractivity contribution is 0.212. The Bertz CT molecular complexity index is 184. The maximum atomic E-state index is 6.32. The van der Waals surface area contributed by atoms with Crippen molar-refractivity contribution in [1.82, 2.24) is 10.2 Å². The Morgan fingerprint density at radius 3 is 2.50 bits per heavy atom. The van der Waals surface area contributed by atoms with Gasteiger partial charge in [0, 0.05) is 32.2 Å². The van der Waals surface area contributed by atoms with Crippen LogP contribution in [0.5, 0.6) is 0 Å². The highest BCUT2D eigenvalue weighted by Crippen LogP contribution is 2.26. The SMILES string of the molecule is NC(CCN1CCNCC1)C1CCCCC1. The normalized spacial score (nSPS) is 26.8. The Morgan fingerprint density at radius 1 is 1.12 bits per heavy atom. The number of hydrogen-bond donors (Lipinski definition) is 2. The fourth-order valence-electron chi connectivity index (χ4n) is 3.06. The van der Waals surface area contributed by atoms with Gasteiger partial charge in [0.05, 0.1) is 0 Å². The molecule has 1 saturated heterocycles. The van der Waals surface area contributed by atoms with Crippen LogP contribution in [0.15, 0.2) is 0 Å². The molecule has 0 spiro atoms. The molecule has 0 radical (unpaired) electrons. The minimum atomic E-state index is 0.454. The summed E-state index contributed by atoms with van der Waals surface area (Å²) in [6, 6.07) is 0.454. The summed E-state index contributed by atoms with van der Waals surface area (Å²) in [5.41, 5.74) is 6.32. The summed E-state index contributed by atoms with van der Waals surface area (Å²) in [5, 5.41) is 3.39. The molecule has 2 rings (SSSR count). The molecule has 3 N–H and O–H groups in total. The second-order valence-electron chi connectivity index (χ2n) is 5.44. The number of nitrogens with zero attached hydrogens (tertiary/aromatic N) is 1. The molecule has 1 atom stereocenters. The number of nitrogens with two attached hydrogens (primary N) is 1. The minimum Gasteiger partial charge on any atom is -0.327 e. The monoisotopic (exact) mass is 225 g/mol. The lowest BCUT2D eigenvalue weighted by atomic mass is 9.83. The molecule has 0 bridgehead atoms. The van der Waals surface area contributed by atoms with E-state index in [0.29, 0.717) is 6.04 Å². The van der Waals surface area contributed by atoms with Crippen molar-refractivity contribution >= 4 is 0 Å². The van der Waals surface area contributed by atoms with E-state index < -0.39 is 0 Å². The van der Waals surface area contributed by atoms with Gasteiger partial charge in [0.25, 0.3) is 0 Å². The number of piperazine rings is 1. The number of hydrogen-bond acceptors (Lipinski definition) is 3. The summed E-state index contributed by atoms with van der Waals surface area (Å²) in [5.74, 6) is 0.816. The fourth-order valence-corrected chi connectivity index (χ4v) is 3.06. The maximum Gasteiger partial charge on any atom is 0.0107 e. The van der Waals surface area contributed by atoms with E-state index in [-0.39, 0.29) is 0 Å². The smallest absolute Gasteiger partial charge is 0.0107 e. The molecule has 2 fully saturated rings. The van der Waals surface area contributed by atoms with Crippen molar-refractivity contribution < 1.29 is 0 Å². The van der Waals surface area contributed by atoms with Crippen molar-refractivity contribution in [1.29, 1.82) is 0 Å². The standard InChI is InChI=1S/C13H27N3/c14-13(12-4-2-1-3-5-12)6-9-16-10-7-15-8-11-16/h12-13,15H,1-11,14H2. The molecule has 2 aliphatic rings. The van der Waals surface area contributed by atoms with Crippen molar-refractivity contribution in [2.45, 2.75) is 44.6 Å². The lowest BCUT2D eigenvalue weighted by Crippen LogP contribution is -2.45. The summed E-state index contributed by atoms with van der Waals surface area (Å²) in [7, 11) is 0. The van der Waals surface area contributed by atoms with Gasteiger partial charge in [0.15, 0.2) is 0 Å². The van der Waals surface area contributed by atoms with Gasteiger partial charge in [-0.15, -0.1) is 0 Å². The van der Waals surface area contributed by atoms with Crippen LogP contribution >= 0.6 is 0 Å².